The van der Waals surface area contributed by atoms with Gasteiger partial charge in [0.25, 0.3) is 0 Å². The summed E-state index contributed by atoms with van der Waals surface area (Å²) >= 11 is 0. The van der Waals surface area contributed by atoms with Crippen LogP contribution in [0.1, 0.15) is 54.4 Å². The monoisotopic (exact) mass is 268 g/mol. The maximum atomic E-state index is 12.7. The average Bonchev–Trinajstić information content (AvgIpc) is 2.30. The number of hydrogen-bond acceptors (Lipinski definition) is 2. The van der Waals surface area contributed by atoms with Crippen molar-refractivity contribution in [1.82, 2.24) is 10.2 Å². The molecule has 0 saturated carbocycles. The van der Waals surface area contributed by atoms with Crippen molar-refractivity contribution in [3.05, 3.63) is 0 Å². The molecular formula is C15H28N2O2. The summed E-state index contributed by atoms with van der Waals surface area (Å²) in [5.41, 5.74) is -0.737. The Morgan fingerprint density at radius 2 is 1.84 bits per heavy atom. The quantitative estimate of drug-likeness (QED) is 0.831. The summed E-state index contributed by atoms with van der Waals surface area (Å²) < 4.78 is 0. The van der Waals surface area contributed by atoms with Crippen molar-refractivity contribution in [3.63, 3.8) is 0 Å². The third-order valence-corrected chi connectivity index (χ3v) is 4.02. The van der Waals surface area contributed by atoms with Gasteiger partial charge in [-0.3, -0.25) is 9.59 Å². The molecule has 1 aliphatic rings. The van der Waals surface area contributed by atoms with Gasteiger partial charge in [0.1, 0.15) is 11.6 Å². The van der Waals surface area contributed by atoms with Gasteiger partial charge in [-0.1, -0.05) is 34.6 Å². The maximum Gasteiger partial charge on any atom is 0.248 e. The number of amides is 2. The number of nitrogens with zero attached hydrogens (tertiary/aromatic N) is 1. The van der Waals surface area contributed by atoms with E-state index in [0.29, 0.717) is 18.9 Å². The molecule has 1 aliphatic heterocycles. The number of carbonyl (C=O) groups excluding carboxylic acids is 2. The second-order valence-electron chi connectivity index (χ2n) is 6.54. The van der Waals surface area contributed by atoms with Crippen molar-refractivity contribution in [1.29, 1.82) is 0 Å². The van der Waals surface area contributed by atoms with E-state index >= 15 is 0 Å². The predicted molar refractivity (Wildman–Crippen MR) is 76.6 cm³/mol. The van der Waals surface area contributed by atoms with Crippen LogP contribution >= 0.6 is 0 Å². The lowest BCUT2D eigenvalue weighted by Gasteiger charge is -2.45. The smallest absolute Gasteiger partial charge is 0.248 e. The van der Waals surface area contributed by atoms with E-state index in [4.69, 9.17) is 0 Å². The first-order valence-electron chi connectivity index (χ1n) is 7.36. The Balaban J connectivity index is 3.00. The van der Waals surface area contributed by atoms with E-state index in [9.17, 15) is 9.59 Å². The van der Waals surface area contributed by atoms with E-state index in [2.05, 4.69) is 19.2 Å². The molecular weight excluding hydrogens is 240 g/mol. The van der Waals surface area contributed by atoms with Gasteiger partial charge in [-0.25, -0.2) is 0 Å². The van der Waals surface area contributed by atoms with Crippen molar-refractivity contribution in [3.8, 4) is 0 Å². The summed E-state index contributed by atoms with van der Waals surface area (Å²) in [5.74, 6) is 0.715. The van der Waals surface area contributed by atoms with Crippen LogP contribution in [0.3, 0.4) is 0 Å². The summed E-state index contributed by atoms with van der Waals surface area (Å²) in [4.78, 5) is 26.8. The van der Waals surface area contributed by atoms with Gasteiger partial charge in [0.05, 0.1) is 0 Å². The topological polar surface area (TPSA) is 49.4 Å². The molecule has 2 unspecified atom stereocenters. The van der Waals surface area contributed by atoms with Gasteiger partial charge < -0.3 is 10.2 Å². The molecule has 0 radical (unpaired) electrons. The fourth-order valence-corrected chi connectivity index (χ4v) is 2.52. The second-order valence-corrected chi connectivity index (χ2v) is 6.54. The third-order valence-electron chi connectivity index (χ3n) is 4.02. The number of carbonyl (C=O) groups is 2. The van der Waals surface area contributed by atoms with Crippen LogP contribution in [0.2, 0.25) is 0 Å². The van der Waals surface area contributed by atoms with E-state index in [1.165, 1.54) is 0 Å². The highest BCUT2D eigenvalue weighted by Crippen LogP contribution is 2.25. The Kier molecular flexibility index (Phi) is 4.99. The van der Waals surface area contributed by atoms with Gasteiger partial charge in [-0.15, -0.1) is 0 Å². The van der Waals surface area contributed by atoms with Crippen LogP contribution in [-0.2, 0) is 9.59 Å². The summed E-state index contributed by atoms with van der Waals surface area (Å²) in [5, 5.41) is 2.91. The van der Waals surface area contributed by atoms with E-state index in [1.807, 2.05) is 27.7 Å². The largest absolute Gasteiger partial charge is 0.340 e. The van der Waals surface area contributed by atoms with Crippen LogP contribution < -0.4 is 5.32 Å². The van der Waals surface area contributed by atoms with Crippen molar-refractivity contribution in [2.24, 2.45) is 11.8 Å². The number of piperazine rings is 1. The number of rotatable bonds is 5. The highest BCUT2D eigenvalue weighted by atomic mass is 16.2. The molecule has 110 valence electrons. The molecule has 0 aromatic rings. The Bertz CT molecular complexity index is 352. The molecule has 0 aliphatic carbocycles. The molecule has 4 heteroatoms. The van der Waals surface area contributed by atoms with Gasteiger partial charge in [-0.05, 0) is 31.6 Å². The highest BCUT2D eigenvalue weighted by Gasteiger charge is 2.47. The fourth-order valence-electron chi connectivity index (χ4n) is 2.52. The SMILES string of the molecule is CCC1(C)NC(=O)C(C(C)C)N(CCC(C)C)C1=O. The van der Waals surface area contributed by atoms with Crippen molar-refractivity contribution >= 4 is 11.8 Å². The first-order chi connectivity index (χ1) is 8.73. The second kappa shape index (κ2) is 5.93. The van der Waals surface area contributed by atoms with E-state index in [-0.39, 0.29) is 23.8 Å². The van der Waals surface area contributed by atoms with Crippen LogP contribution in [0, 0.1) is 11.8 Å². The molecule has 1 N–H and O–H groups in total. The van der Waals surface area contributed by atoms with Crippen molar-refractivity contribution < 1.29 is 9.59 Å². The summed E-state index contributed by atoms with van der Waals surface area (Å²) in [7, 11) is 0. The third kappa shape index (κ3) is 3.28. The van der Waals surface area contributed by atoms with Gasteiger partial charge >= 0.3 is 0 Å². The number of nitrogens with one attached hydrogen (secondary N) is 1. The lowest BCUT2D eigenvalue weighted by Crippen LogP contribution is -2.70. The normalized spacial score (nSPS) is 28.2. The molecule has 0 bridgehead atoms. The summed E-state index contributed by atoms with van der Waals surface area (Å²) in [6, 6.07) is -0.328. The lowest BCUT2D eigenvalue weighted by atomic mass is 9.88. The molecule has 1 rings (SSSR count). The first-order valence-corrected chi connectivity index (χ1v) is 7.36. The van der Waals surface area contributed by atoms with Crippen LogP contribution in [-0.4, -0.2) is 34.8 Å². The van der Waals surface area contributed by atoms with Crippen molar-refractivity contribution in [2.45, 2.75) is 66.0 Å². The van der Waals surface area contributed by atoms with Crippen LogP contribution in [0.15, 0.2) is 0 Å². The molecule has 2 atom stereocenters. The van der Waals surface area contributed by atoms with E-state index < -0.39 is 5.54 Å². The van der Waals surface area contributed by atoms with Gasteiger partial charge in [0, 0.05) is 6.54 Å². The standard InChI is InChI=1S/C15H28N2O2/c1-7-15(6)14(19)17(9-8-10(2)3)12(11(4)5)13(18)16-15/h10-12H,7-9H2,1-6H3,(H,16,18). The minimum absolute atomic E-state index is 0.0114. The zero-order chi connectivity index (χ0) is 14.8. The minimum Gasteiger partial charge on any atom is -0.340 e. The van der Waals surface area contributed by atoms with Crippen LogP contribution in [0.4, 0.5) is 0 Å². The van der Waals surface area contributed by atoms with Gasteiger partial charge in [0.2, 0.25) is 11.8 Å². The van der Waals surface area contributed by atoms with E-state index in [0.717, 1.165) is 6.42 Å². The summed E-state index contributed by atoms with van der Waals surface area (Å²) in [6.07, 6.45) is 1.56. The first kappa shape index (κ1) is 16.0. The molecule has 1 saturated heterocycles. The van der Waals surface area contributed by atoms with Crippen LogP contribution in [0.25, 0.3) is 0 Å². The molecule has 1 heterocycles. The molecule has 19 heavy (non-hydrogen) atoms. The Labute approximate surface area is 116 Å². The zero-order valence-electron chi connectivity index (χ0n) is 13.1. The Morgan fingerprint density at radius 3 is 2.26 bits per heavy atom. The molecule has 0 spiro atoms. The average molecular weight is 268 g/mol. The van der Waals surface area contributed by atoms with E-state index in [1.54, 1.807) is 4.90 Å². The fraction of sp³-hybridized carbons (Fsp3) is 0.867. The summed E-state index contributed by atoms with van der Waals surface area (Å²) in [6.45, 7) is 12.7. The predicted octanol–water partition coefficient (Wildman–Crippen LogP) is 2.18. The number of hydrogen-bond donors (Lipinski definition) is 1. The van der Waals surface area contributed by atoms with Crippen molar-refractivity contribution in [2.75, 3.05) is 6.54 Å². The lowest BCUT2D eigenvalue weighted by molar-refractivity contribution is -0.156. The minimum atomic E-state index is -0.737. The maximum absolute atomic E-state index is 12.7. The van der Waals surface area contributed by atoms with Gasteiger partial charge in [0.15, 0.2) is 0 Å². The Morgan fingerprint density at radius 1 is 1.26 bits per heavy atom. The molecule has 2 amide bonds. The molecule has 1 fully saturated rings. The molecule has 0 aromatic carbocycles. The van der Waals surface area contributed by atoms with Crippen LogP contribution in [0.5, 0.6) is 0 Å². The highest BCUT2D eigenvalue weighted by molar-refractivity contribution is 5.99. The molecule has 4 nitrogen and oxygen atoms in total. The zero-order valence-corrected chi connectivity index (χ0v) is 13.1. The van der Waals surface area contributed by atoms with Gasteiger partial charge in [-0.2, -0.15) is 0 Å². The molecule has 0 aromatic heterocycles. The Hall–Kier alpha value is -1.06.